The first kappa shape index (κ1) is 11.9. The van der Waals surface area contributed by atoms with E-state index in [1.807, 2.05) is 26.0 Å². The summed E-state index contributed by atoms with van der Waals surface area (Å²) in [6, 6.07) is 3.89. The smallest absolute Gasteiger partial charge is 0.122 e. The van der Waals surface area contributed by atoms with Gasteiger partial charge in [0.25, 0.3) is 0 Å². The van der Waals surface area contributed by atoms with E-state index in [0.29, 0.717) is 6.61 Å². The summed E-state index contributed by atoms with van der Waals surface area (Å²) in [6.07, 6.45) is 1.66. The standard InChI is InChI=1S/C12H19NO2/c1-9-8-12(10(2)7-11(9)13)15-6-4-3-5-14/h7-8,14H,3-6,13H2,1-2H3. The minimum atomic E-state index is 0.225. The normalized spacial score (nSPS) is 10.3. The second-order valence-corrected chi connectivity index (χ2v) is 3.75. The highest BCUT2D eigenvalue weighted by atomic mass is 16.5. The molecule has 0 amide bonds. The summed E-state index contributed by atoms with van der Waals surface area (Å²) in [7, 11) is 0. The molecule has 3 N–H and O–H groups in total. The number of nitrogens with two attached hydrogens (primary N) is 1. The molecule has 3 heteroatoms. The van der Waals surface area contributed by atoms with Gasteiger partial charge < -0.3 is 15.6 Å². The Kier molecular flexibility index (Phi) is 4.43. The van der Waals surface area contributed by atoms with Crippen LogP contribution < -0.4 is 10.5 Å². The summed E-state index contributed by atoms with van der Waals surface area (Å²) in [5.74, 6) is 0.889. The summed E-state index contributed by atoms with van der Waals surface area (Å²) in [6.45, 7) is 4.82. The van der Waals surface area contributed by atoms with E-state index in [1.54, 1.807) is 0 Å². The zero-order valence-corrected chi connectivity index (χ0v) is 9.42. The van der Waals surface area contributed by atoms with E-state index in [4.69, 9.17) is 15.6 Å². The van der Waals surface area contributed by atoms with E-state index in [2.05, 4.69) is 0 Å². The molecule has 0 aromatic heterocycles. The van der Waals surface area contributed by atoms with Crippen molar-refractivity contribution in [2.24, 2.45) is 0 Å². The number of aliphatic hydroxyl groups excluding tert-OH is 1. The van der Waals surface area contributed by atoms with Gasteiger partial charge in [-0.2, -0.15) is 0 Å². The van der Waals surface area contributed by atoms with Gasteiger partial charge >= 0.3 is 0 Å². The molecule has 84 valence electrons. The average molecular weight is 209 g/mol. The quantitative estimate of drug-likeness (QED) is 0.576. The fourth-order valence-corrected chi connectivity index (χ4v) is 1.36. The van der Waals surface area contributed by atoms with Gasteiger partial charge in [0.05, 0.1) is 6.61 Å². The van der Waals surface area contributed by atoms with Crippen LogP contribution in [0.2, 0.25) is 0 Å². The third-order valence-electron chi connectivity index (χ3n) is 2.37. The minimum absolute atomic E-state index is 0.225. The van der Waals surface area contributed by atoms with Gasteiger partial charge in [-0.15, -0.1) is 0 Å². The van der Waals surface area contributed by atoms with Crippen LogP contribution in [-0.4, -0.2) is 18.3 Å². The Morgan fingerprint density at radius 1 is 1.20 bits per heavy atom. The zero-order chi connectivity index (χ0) is 11.3. The van der Waals surface area contributed by atoms with Gasteiger partial charge in [-0.3, -0.25) is 0 Å². The number of unbranched alkanes of at least 4 members (excludes halogenated alkanes) is 1. The maximum absolute atomic E-state index is 8.63. The molecule has 15 heavy (non-hydrogen) atoms. The van der Waals surface area contributed by atoms with Crippen molar-refractivity contribution in [2.45, 2.75) is 26.7 Å². The highest BCUT2D eigenvalue weighted by molar-refractivity contribution is 5.53. The molecule has 1 aromatic carbocycles. The Bertz CT molecular complexity index is 324. The van der Waals surface area contributed by atoms with Crippen LogP contribution in [-0.2, 0) is 0 Å². The van der Waals surface area contributed by atoms with Crippen LogP contribution in [0.15, 0.2) is 12.1 Å². The Morgan fingerprint density at radius 2 is 1.93 bits per heavy atom. The van der Waals surface area contributed by atoms with Crippen molar-refractivity contribution in [3.05, 3.63) is 23.3 Å². The number of hydrogen-bond acceptors (Lipinski definition) is 3. The largest absolute Gasteiger partial charge is 0.493 e. The van der Waals surface area contributed by atoms with Gasteiger partial charge in [0.2, 0.25) is 0 Å². The first-order valence-corrected chi connectivity index (χ1v) is 5.25. The van der Waals surface area contributed by atoms with E-state index >= 15 is 0 Å². The third kappa shape index (κ3) is 3.44. The molecule has 0 aliphatic rings. The fourth-order valence-electron chi connectivity index (χ4n) is 1.36. The van der Waals surface area contributed by atoms with Crippen molar-refractivity contribution in [3.63, 3.8) is 0 Å². The van der Waals surface area contributed by atoms with Crippen molar-refractivity contribution in [2.75, 3.05) is 18.9 Å². The molecular weight excluding hydrogens is 190 g/mol. The van der Waals surface area contributed by atoms with Crippen LogP contribution in [0.3, 0.4) is 0 Å². The Hall–Kier alpha value is -1.22. The van der Waals surface area contributed by atoms with Crippen LogP contribution in [0.5, 0.6) is 5.75 Å². The van der Waals surface area contributed by atoms with Crippen LogP contribution in [0.4, 0.5) is 5.69 Å². The minimum Gasteiger partial charge on any atom is -0.493 e. The van der Waals surface area contributed by atoms with Gasteiger partial charge in [0.1, 0.15) is 5.75 Å². The summed E-state index contributed by atoms with van der Waals surface area (Å²) in [5.41, 5.74) is 8.68. The number of nitrogen functional groups attached to an aromatic ring is 1. The number of hydrogen-bond donors (Lipinski definition) is 2. The summed E-state index contributed by atoms with van der Waals surface area (Å²) in [4.78, 5) is 0. The molecule has 1 aromatic rings. The van der Waals surface area contributed by atoms with E-state index in [-0.39, 0.29) is 6.61 Å². The molecule has 0 bridgehead atoms. The van der Waals surface area contributed by atoms with Crippen molar-refractivity contribution in [3.8, 4) is 5.75 Å². The molecule has 3 nitrogen and oxygen atoms in total. The maximum atomic E-state index is 8.63. The molecule has 0 radical (unpaired) electrons. The molecule has 1 rings (SSSR count). The molecule has 0 atom stereocenters. The summed E-state index contributed by atoms with van der Waals surface area (Å²) >= 11 is 0. The predicted octanol–water partition coefficient (Wildman–Crippen LogP) is 2.04. The lowest BCUT2D eigenvalue weighted by atomic mass is 10.1. The number of anilines is 1. The highest BCUT2D eigenvalue weighted by Gasteiger charge is 2.02. The van der Waals surface area contributed by atoms with Crippen molar-refractivity contribution in [1.82, 2.24) is 0 Å². The highest BCUT2D eigenvalue weighted by Crippen LogP contribution is 2.24. The van der Waals surface area contributed by atoms with Crippen LogP contribution in [0, 0.1) is 13.8 Å². The van der Waals surface area contributed by atoms with Crippen molar-refractivity contribution >= 4 is 5.69 Å². The lowest BCUT2D eigenvalue weighted by molar-refractivity contribution is 0.252. The van der Waals surface area contributed by atoms with Gasteiger partial charge in [-0.25, -0.2) is 0 Å². The number of ether oxygens (including phenoxy) is 1. The monoisotopic (exact) mass is 209 g/mol. The van der Waals surface area contributed by atoms with Gasteiger partial charge in [-0.1, -0.05) is 0 Å². The molecular formula is C12H19NO2. The van der Waals surface area contributed by atoms with Gasteiger partial charge in [0, 0.05) is 12.3 Å². The fraction of sp³-hybridized carbons (Fsp3) is 0.500. The Morgan fingerprint density at radius 3 is 2.60 bits per heavy atom. The topological polar surface area (TPSA) is 55.5 Å². The third-order valence-corrected chi connectivity index (χ3v) is 2.37. The number of benzene rings is 1. The molecule has 0 aliphatic carbocycles. The van der Waals surface area contributed by atoms with Crippen LogP contribution in [0.25, 0.3) is 0 Å². The van der Waals surface area contributed by atoms with Gasteiger partial charge in [0.15, 0.2) is 0 Å². The van der Waals surface area contributed by atoms with Crippen molar-refractivity contribution < 1.29 is 9.84 Å². The molecule has 0 fully saturated rings. The first-order chi connectivity index (χ1) is 7.15. The number of aryl methyl sites for hydroxylation is 2. The zero-order valence-electron chi connectivity index (χ0n) is 9.42. The van der Waals surface area contributed by atoms with Crippen LogP contribution in [0.1, 0.15) is 24.0 Å². The average Bonchev–Trinajstić information content (AvgIpc) is 2.20. The lowest BCUT2D eigenvalue weighted by Gasteiger charge is -2.11. The molecule has 0 heterocycles. The SMILES string of the molecule is Cc1cc(OCCCCO)c(C)cc1N. The second kappa shape index (κ2) is 5.61. The van der Waals surface area contributed by atoms with E-state index in [1.165, 1.54) is 0 Å². The molecule has 0 spiro atoms. The summed E-state index contributed by atoms with van der Waals surface area (Å²) < 4.78 is 5.61. The molecule has 0 saturated carbocycles. The van der Waals surface area contributed by atoms with Gasteiger partial charge in [-0.05, 0) is 49.9 Å². The van der Waals surface area contributed by atoms with E-state index in [0.717, 1.165) is 35.4 Å². The number of aliphatic hydroxyl groups is 1. The van der Waals surface area contributed by atoms with E-state index in [9.17, 15) is 0 Å². The first-order valence-electron chi connectivity index (χ1n) is 5.25. The van der Waals surface area contributed by atoms with Crippen LogP contribution >= 0.6 is 0 Å². The molecule has 0 unspecified atom stereocenters. The summed E-state index contributed by atoms with van der Waals surface area (Å²) in [5, 5.41) is 8.63. The molecule has 0 aliphatic heterocycles. The van der Waals surface area contributed by atoms with Crippen molar-refractivity contribution in [1.29, 1.82) is 0 Å². The van der Waals surface area contributed by atoms with E-state index < -0.39 is 0 Å². The molecule has 0 saturated heterocycles. The Balaban J connectivity index is 2.57. The number of rotatable bonds is 5. The second-order valence-electron chi connectivity index (χ2n) is 3.75. The predicted molar refractivity (Wildman–Crippen MR) is 62.1 cm³/mol. The maximum Gasteiger partial charge on any atom is 0.122 e. The Labute approximate surface area is 90.9 Å². The lowest BCUT2D eigenvalue weighted by Crippen LogP contribution is -2.01.